The Morgan fingerprint density at radius 3 is 2.73 bits per heavy atom. The predicted molar refractivity (Wildman–Crippen MR) is 65.5 cm³/mol. The molecule has 0 aromatic rings. The van der Waals surface area contributed by atoms with E-state index < -0.39 is 0 Å². The molecular formula is C12H24ClNO. The second kappa shape index (κ2) is 6.07. The first-order chi connectivity index (χ1) is 6.97. The van der Waals surface area contributed by atoms with Crippen molar-refractivity contribution in [3.05, 3.63) is 0 Å². The normalized spacial score (nSPS) is 24.4. The first kappa shape index (κ1) is 13.3. The lowest BCUT2D eigenvalue weighted by Gasteiger charge is -2.22. The van der Waals surface area contributed by atoms with Crippen molar-refractivity contribution in [3.63, 3.8) is 0 Å². The van der Waals surface area contributed by atoms with Gasteiger partial charge in [0.25, 0.3) is 0 Å². The highest BCUT2D eigenvalue weighted by atomic mass is 35.5. The van der Waals surface area contributed by atoms with Crippen molar-refractivity contribution < 1.29 is 4.74 Å². The van der Waals surface area contributed by atoms with E-state index in [1.807, 2.05) is 0 Å². The minimum Gasteiger partial charge on any atom is -0.381 e. The first-order valence-electron chi connectivity index (χ1n) is 5.90. The van der Waals surface area contributed by atoms with E-state index in [0.29, 0.717) is 11.3 Å². The van der Waals surface area contributed by atoms with Gasteiger partial charge in [0.15, 0.2) is 0 Å². The molecule has 2 nitrogen and oxygen atoms in total. The smallest absolute Gasteiger partial charge is 0.0507 e. The third-order valence-electron chi connectivity index (χ3n) is 2.66. The van der Waals surface area contributed by atoms with Gasteiger partial charge >= 0.3 is 0 Å². The van der Waals surface area contributed by atoms with Crippen molar-refractivity contribution in [2.75, 3.05) is 26.3 Å². The van der Waals surface area contributed by atoms with Gasteiger partial charge in [-0.15, -0.1) is 11.6 Å². The van der Waals surface area contributed by atoms with Gasteiger partial charge in [0, 0.05) is 25.1 Å². The molecule has 3 heteroatoms. The molecule has 15 heavy (non-hydrogen) atoms. The molecule has 0 radical (unpaired) electrons. The van der Waals surface area contributed by atoms with Crippen LogP contribution < -0.4 is 5.32 Å². The Morgan fingerprint density at radius 2 is 2.20 bits per heavy atom. The predicted octanol–water partition coefficient (Wildman–Crippen LogP) is 2.66. The zero-order chi connectivity index (χ0) is 11.3. The van der Waals surface area contributed by atoms with Crippen molar-refractivity contribution in [2.45, 2.75) is 39.0 Å². The number of alkyl halides is 1. The molecule has 0 aromatic heterocycles. The molecule has 1 heterocycles. The zero-order valence-electron chi connectivity index (χ0n) is 10.2. The number of hydrogen-bond acceptors (Lipinski definition) is 2. The maximum absolute atomic E-state index is 6.26. The lowest BCUT2D eigenvalue weighted by Crippen LogP contribution is -2.30. The van der Waals surface area contributed by atoms with Crippen LogP contribution in [0.1, 0.15) is 33.6 Å². The highest BCUT2D eigenvalue weighted by Crippen LogP contribution is 2.23. The summed E-state index contributed by atoms with van der Waals surface area (Å²) < 4.78 is 5.32. The van der Waals surface area contributed by atoms with Crippen LogP contribution in [0.4, 0.5) is 0 Å². The highest BCUT2D eigenvalue weighted by molar-refractivity contribution is 6.20. The van der Waals surface area contributed by atoms with Crippen LogP contribution in [-0.2, 0) is 4.74 Å². The van der Waals surface area contributed by atoms with Crippen molar-refractivity contribution in [2.24, 2.45) is 11.3 Å². The average molecular weight is 234 g/mol. The van der Waals surface area contributed by atoms with Gasteiger partial charge in [-0.1, -0.05) is 20.8 Å². The Bertz CT molecular complexity index is 173. The van der Waals surface area contributed by atoms with Gasteiger partial charge in [-0.05, 0) is 24.2 Å². The molecule has 90 valence electrons. The number of ether oxygens (including phenoxy) is 1. The summed E-state index contributed by atoms with van der Waals surface area (Å²) >= 11 is 6.26. The van der Waals surface area contributed by atoms with Crippen molar-refractivity contribution in [1.29, 1.82) is 0 Å². The van der Waals surface area contributed by atoms with Crippen molar-refractivity contribution >= 4 is 11.6 Å². The molecule has 1 aliphatic heterocycles. The number of hydrogen-bond donors (Lipinski definition) is 1. The summed E-state index contributed by atoms with van der Waals surface area (Å²) in [6.07, 6.45) is 2.25. The molecule has 0 aliphatic carbocycles. The third kappa shape index (κ3) is 6.39. The molecule has 0 spiro atoms. The quantitative estimate of drug-likeness (QED) is 0.738. The van der Waals surface area contributed by atoms with Gasteiger partial charge in [-0.3, -0.25) is 0 Å². The molecular weight excluding hydrogens is 210 g/mol. The van der Waals surface area contributed by atoms with Crippen LogP contribution in [0.25, 0.3) is 0 Å². The van der Waals surface area contributed by atoms with E-state index >= 15 is 0 Å². The molecule has 1 aliphatic rings. The van der Waals surface area contributed by atoms with Crippen LogP contribution in [0.15, 0.2) is 0 Å². The van der Waals surface area contributed by atoms with E-state index in [1.165, 1.54) is 6.42 Å². The number of rotatable bonds is 5. The molecule has 1 fully saturated rings. The Morgan fingerprint density at radius 1 is 1.47 bits per heavy atom. The molecule has 0 amide bonds. The van der Waals surface area contributed by atoms with Gasteiger partial charge in [0.05, 0.1) is 6.61 Å². The van der Waals surface area contributed by atoms with E-state index in [2.05, 4.69) is 26.1 Å². The number of halogens is 1. The summed E-state index contributed by atoms with van der Waals surface area (Å²) in [5.41, 5.74) is 0.324. The maximum atomic E-state index is 6.26. The fraction of sp³-hybridized carbons (Fsp3) is 1.00. The Hall–Kier alpha value is 0.210. The van der Waals surface area contributed by atoms with Gasteiger partial charge in [0.1, 0.15) is 0 Å². The molecule has 1 N–H and O–H groups in total. The van der Waals surface area contributed by atoms with Crippen LogP contribution in [0.2, 0.25) is 0 Å². The summed E-state index contributed by atoms with van der Waals surface area (Å²) in [6.45, 7) is 10.5. The van der Waals surface area contributed by atoms with Crippen LogP contribution in [0, 0.1) is 11.3 Å². The molecule has 0 bridgehead atoms. The zero-order valence-corrected chi connectivity index (χ0v) is 10.9. The summed E-state index contributed by atoms with van der Waals surface area (Å²) in [4.78, 5) is 0. The summed E-state index contributed by atoms with van der Waals surface area (Å²) in [7, 11) is 0. The van der Waals surface area contributed by atoms with Crippen LogP contribution in [0.5, 0.6) is 0 Å². The lowest BCUT2D eigenvalue weighted by molar-refractivity contribution is 0.185. The van der Waals surface area contributed by atoms with E-state index in [9.17, 15) is 0 Å². The Labute approximate surface area is 98.7 Å². The standard InChI is InChI=1S/C12H24ClNO/c1-12(2,3)6-11(13)8-14-7-10-4-5-15-9-10/h10-11,14H,4-9H2,1-3H3. The van der Waals surface area contributed by atoms with Crippen LogP contribution in [-0.4, -0.2) is 31.7 Å². The fourth-order valence-electron chi connectivity index (χ4n) is 1.93. The van der Waals surface area contributed by atoms with E-state index in [-0.39, 0.29) is 5.38 Å². The SMILES string of the molecule is CC(C)(C)CC(Cl)CNCC1CCOC1. The van der Waals surface area contributed by atoms with E-state index in [0.717, 1.165) is 32.7 Å². The third-order valence-corrected chi connectivity index (χ3v) is 2.97. The number of nitrogens with one attached hydrogen (secondary N) is 1. The summed E-state index contributed by atoms with van der Waals surface area (Å²) in [6, 6.07) is 0. The molecule has 0 aromatic carbocycles. The Kier molecular flexibility index (Phi) is 5.37. The van der Waals surface area contributed by atoms with Crippen LogP contribution >= 0.6 is 11.6 Å². The topological polar surface area (TPSA) is 21.3 Å². The van der Waals surface area contributed by atoms with E-state index in [1.54, 1.807) is 0 Å². The molecule has 1 rings (SSSR count). The highest BCUT2D eigenvalue weighted by Gasteiger charge is 2.18. The van der Waals surface area contributed by atoms with Gasteiger partial charge < -0.3 is 10.1 Å². The van der Waals surface area contributed by atoms with E-state index in [4.69, 9.17) is 16.3 Å². The molecule has 2 atom stereocenters. The van der Waals surface area contributed by atoms with Crippen molar-refractivity contribution in [3.8, 4) is 0 Å². The largest absolute Gasteiger partial charge is 0.381 e. The Balaban J connectivity index is 2.03. The molecule has 1 saturated heterocycles. The van der Waals surface area contributed by atoms with Gasteiger partial charge in [-0.25, -0.2) is 0 Å². The lowest BCUT2D eigenvalue weighted by atomic mass is 9.90. The average Bonchev–Trinajstić information content (AvgIpc) is 2.53. The van der Waals surface area contributed by atoms with Gasteiger partial charge in [0.2, 0.25) is 0 Å². The van der Waals surface area contributed by atoms with Crippen molar-refractivity contribution in [1.82, 2.24) is 5.32 Å². The fourth-order valence-corrected chi connectivity index (χ4v) is 2.50. The minimum absolute atomic E-state index is 0.243. The summed E-state index contributed by atoms with van der Waals surface area (Å²) in [5.74, 6) is 0.698. The maximum Gasteiger partial charge on any atom is 0.0507 e. The van der Waals surface area contributed by atoms with Crippen LogP contribution in [0.3, 0.4) is 0 Å². The first-order valence-corrected chi connectivity index (χ1v) is 6.33. The minimum atomic E-state index is 0.243. The van der Waals surface area contributed by atoms with Gasteiger partial charge in [-0.2, -0.15) is 0 Å². The summed E-state index contributed by atoms with van der Waals surface area (Å²) in [5, 5.41) is 3.68. The second-order valence-corrected chi connectivity index (χ2v) is 6.37. The molecule has 0 saturated carbocycles. The second-order valence-electron chi connectivity index (χ2n) is 5.75. The monoisotopic (exact) mass is 233 g/mol. The molecule has 2 unspecified atom stereocenters.